The highest BCUT2D eigenvalue weighted by molar-refractivity contribution is 7.92. The van der Waals surface area contributed by atoms with Crippen molar-refractivity contribution in [3.63, 3.8) is 0 Å². The normalized spacial score (nSPS) is 10.9. The molecular weight excluding hydrogens is 278 g/mol. The topological polar surface area (TPSA) is 78.5 Å². The molecule has 0 spiro atoms. The number of hydrogen-bond acceptors (Lipinski definition) is 3. The van der Waals surface area contributed by atoms with E-state index in [2.05, 4.69) is 10.0 Å². The Kier molecular flexibility index (Phi) is 5.82. The van der Waals surface area contributed by atoms with Gasteiger partial charge in [0.25, 0.3) is 0 Å². The van der Waals surface area contributed by atoms with Gasteiger partial charge >= 0.3 is 6.03 Å². The standard InChI is InChI=1S/C13H21N3O3S/c1-4-16(5-2)13(17)14-11-7-9-12(10-8-11)15-20(18,19)6-3/h7-10,15H,4-6H2,1-3H3,(H,14,17). The van der Waals surface area contributed by atoms with Gasteiger partial charge in [0.05, 0.1) is 5.75 Å². The fourth-order valence-corrected chi connectivity index (χ4v) is 2.23. The van der Waals surface area contributed by atoms with Crippen LogP contribution in [-0.4, -0.2) is 38.2 Å². The molecule has 7 heteroatoms. The molecule has 112 valence electrons. The first-order valence-corrected chi connectivity index (χ1v) is 8.23. The summed E-state index contributed by atoms with van der Waals surface area (Å²) in [5.41, 5.74) is 1.11. The molecule has 20 heavy (non-hydrogen) atoms. The number of nitrogens with one attached hydrogen (secondary N) is 2. The average Bonchev–Trinajstić information content (AvgIpc) is 2.42. The van der Waals surface area contributed by atoms with Gasteiger partial charge in [-0.2, -0.15) is 0 Å². The lowest BCUT2D eigenvalue weighted by molar-refractivity contribution is 0.217. The van der Waals surface area contributed by atoms with Gasteiger partial charge < -0.3 is 10.2 Å². The molecule has 0 heterocycles. The average molecular weight is 299 g/mol. The number of nitrogens with zero attached hydrogens (tertiary/aromatic N) is 1. The molecule has 0 aliphatic heterocycles. The van der Waals surface area contributed by atoms with E-state index < -0.39 is 10.0 Å². The summed E-state index contributed by atoms with van der Waals surface area (Å²) in [5, 5.41) is 2.76. The van der Waals surface area contributed by atoms with Crippen LogP contribution >= 0.6 is 0 Å². The second-order valence-corrected chi connectivity index (χ2v) is 6.20. The lowest BCUT2D eigenvalue weighted by Gasteiger charge is -2.19. The van der Waals surface area contributed by atoms with E-state index in [1.807, 2.05) is 13.8 Å². The molecule has 2 N–H and O–H groups in total. The van der Waals surface area contributed by atoms with Crippen LogP contribution in [0.3, 0.4) is 0 Å². The quantitative estimate of drug-likeness (QED) is 0.846. The summed E-state index contributed by atoms with van der Waals surface area (Å²) in [7, 11) is -3.28. The number of sulfonamides is 1. The summed E-state index contributed by atoms with van der Waals surface area (Å²) < 4.78 is 25.3. The van der Waals surface area contributed by atoms with E-state index in [0.29, 0.717) is 24.5 Å². The van der Waals surface area contributed by atoms with Crippen molar-refractivity contribution in [2.75, 3.05) is 28.9 Å². The fraction of sp³-hybridized carbons (Fsp3) is 0.462. The van der Waals surface area contributed by atoms with Gasteiger partial charge in [-0.3, -0.25) is 4.72 Å². The first-order valence-electron chi connectivity index (χ1n) is 6.58. The highest BCUT2D eigenvalue weighted by Crippen LogP contribution is 2.15. The van der Waals surface area contributed by atoms with Crippen LogP contribution in [0.5, 0.6) is 0 Å². The lowest BCUT2D eigenvalue weighted by Crippen LogP contribution is -2.34. The Hall–Kier alpha value is -1.76. The van der Waals surface area contributed by atoms with E-state index in [9.17, 15) is 13.2 Å². The maximum absolute atomic E-state index is 11.8. The van der Waals surface area contributed by atoms with Crippen LogP contribution in [0, 0.1) is 0 Å². The Bertz CT molecular complexity index is 536. The minimum atomic E-state index is -3.28. The Labute approximate surface area is 120 Å². The molecule has 0 radical (unpaired) electrons. The molecule has 0 unspecified atom stereocenters. The van der Waals surface area contributed by atoms with Crippen molar-refractivity contribution >= 4 is 27.4 Å². The number of anilines is 2. The van der Waals surface area contributed by atoms with Gasteiger partial charge in [-0.05, 0) is 45.0 Å². The smallest absolute Gasteiger partial charge is 0.321 e. The van der Waals surface area contributed by atoms with Crippen molar-refractivity contribution in [2.45, 2.75) is 20.8 Å². The van der Waals surface area contributed by atoms with E-state index in [1.54, 1.807) is 36.1 Å². The van der Waals surface area contributed by atoms with E-state index in [1.165, 1.54) is 0 Å². The Morgan fingerprint density at radius 3 is 2.00 bits per heavy atom. The minimum Gasteiger partial charge on any atom is -0.325 e. The van der Waals surface area contributed by atoms with Gasteiger partial charge in [0.2, 0.25) is 10.0 Å². The van der Waals surface area contributed by atoms with Gasteiger partial charge in [-0.15, -0.1) is 0 Å². The summed E-state index contributed by atoms with van der Waals surface area (Å²) in [4.78, 5) is 13.5. The van der Waals surface area contributed by atoms with Crippen molar-refractivity contribution in [1.82, 2.24) is 4.90 Å². The van der Waals surface area contributed by atoms with Crippen LogP contribution in [0.4, 0.5) is 16.2 Å². The molecule has 2 amide bonds. The number of hydrogen-bond donors (Lipinski definition) is 2. The first-order chi connectivity index (χ1) is 9.41. The third-order valence-electron chi connectivity index (χ3n) is 2.84. The van der Waals surface area contributed by atoms with E-state index >= 15 is 0 Å². The molecule has 0 aromatic heterocycles. The third-order valence-corrected chi connectivity index (χ3v) is 4.15. The zero-order chi connectivity index (χ0) is 15.2. The molecule has 6 nitrogen and oxygen atoms in total. The molecule has 0 fully saturated rings. The summed E-state index contributed by atoms with van der Waals surface area (Å²) in [6.07, 6.45) is 0. The number of rotatable bonds is 6. The van der Waals surface area contributed by atoms with Crippen molar-refractivity contribution in [3.8, 4) is 0 Å². The van der Waals surface area contributed by atoms with Gasteiger partial charge in [-0.25, -0.2) is 13.2 Å². The number of amides is 2. The van der Waals surface area contributed by atoms with Crippen molar-refractivity contribution < 1.29 is 13.2 Å². The maximum Gasteiger partial charge on any atom is 0.321 e. The summed E-state index contributed by atoms with van der Waals surface area (Å²) in [5.74, 6) is 0.0213. The molecule has 1 aromatic rings. The highest BCUT2D eigenvalue weighted by atomic mass is 32.2. The summed E-state index contributed by atoms with van der Waals surface area (Å²) in [6, 6.07) is 6.39. The van der Waals surface area contributed by atoms with Gasteiger partial charge in [0.15, 0.2) is 0 Å². The van der Waals surface area contributed by atoms with Crippen molar-refractivity contribution in [1.29, 1.82) is 0 Å². The Morgan fingerprint density at radius 1 is 1.05 bits per heavy atom. The zero-order valence-corrected chi connectivity index (χ0v) is 12.8. The van der Waals surface area contributed by atoms with Gasteiger partial charge in [0.1, 0.15) is 0 Å². The van der Waals surface area contributed by atoms with E-state index in [4.69, 9.17) is 0 Å². The fourth-order valence-electron chi connectivity index (χ4n) is 1.59. The van der Waals surface area contributed by atoms with Crippen LogP contribution in [0.15, 0.2) is 24.3 Å². The monoisotopic (exact) mass is 299 g/mol. The highest BCUT2D eigenvalue weighted by Gasteiger charge is 2.10. The van der Waals surface area contributed by atoms with E-state index in [-0.39, 0.29) is 11.8 Å². The summed E-state index contributed by atoms with van der Waals surface area (Å²) >= 11 is 0. The van der Waals surface area contributed by atoms with Crippen LogP contribution < -0.4 is 10.0 Å². The predicted octanol–water partition coefficient (Wildman–Crippen LogP) is 2.32. The van der Waals surface area contributed by atoms with Crippen LogP contribution in [0.2, 0.25) is 0 Å². The van der Waals surface area contributed by atoms with Gasteiger partial charge in [-0.1, -0.05) is 0 Å². The van der Waals surface area contributed by atoms with E-state index in [0.717, 1.165) is 0 Å². The predicted molar refractivity (Wildman–Crippen MR) is 81.5 cm³/mol. The molecule has 0 saturated heterocycles. The SMILES string of the molecule is CCN(CC)C(=O)Nc1ccc(NS(=O)(=O)CC)cc1. The number of urea groups is 1. The second-order valence-electron chi connectivity index (χ2n) is 4.19. The summed E-state index contributed by atoms with van der Waals surface area (Å²) in [6.45, 7) is 6.66. The molecule has 0 bridgehead atoms. The first kappa shape index (κ1) is 16.3. The number of benzene rings is 1. The van der Waals surface area contributed by atoms with Crippen molar-refractivity contribution in [3.05, 3.63) is 24.3 Å². The molecule has 0 saturated carbocycles. The molecule has 0 aliphatic rings. The molecule has 1 rings (SSSR count). The van der Waals surface area contributed by atoms with Crippen LogP contribution in [0.25, 0.3) is 0 Å². The van der Waals surface area contributed by atoms with Gasteiger partial charge in [0, 0.05) is 24.5 Å². The molecule has 0 atom stereocenters. The zero-order valence-electron chi connectivity index (χ0n) is 12.0. The van der Waals surface area contributed by atoms with Crippen molar-refractivity contribution in [2.24, 2.45) is 0 Å². The molecule has 1 aromatic carbocycles. The second kappa shape index (κ2) is 7.14. The van der Waals surface area contributed by atoms with Crippen LogP contribution in [0.1, 0.15) is 20.8 Å². The maximum atomic E-state index is 11.8. The molecular formula is C13H21N3O3S. The number of carbonyl (C=O) groups is 1. The Morgan fingerprint density at radius 2 is 1.55 bits per heavy atom. The lowest BCUT2D eigenvalue weighted by atomic mass is 10.3. The third kappa shape index (κ3) is 4.73. The largest absolute Gasteiger partial charge is 0.325 e. The Balaban J connectivity index is 2.70. The molecule has 0 aliphatic carbocycles. The number of carbonyl (C=O) groups excluding carboxylic acids is 1. The minimum absolute atomic E-state index is 0.0213. The van der Waals surface area contributed by atoms with Crippen LogP contribution in [-0.2, 0) is 10.0 Å².